The number of methoxy groups -OCH3 is 1. The number of thioether (sulfide) groups is 1. The van der Waals surface area contributed by atoms with Crippen LogP contribution < -0.4 is 0 Å². The monoisotopic (exact) mass is 487 g/mol. The molecule has 8 nitrogen and oxygen atoms in total. The van der Waals surface area contributed by atoms with E-state index in [1.54, 1.807) is 25.3 Å². The molecule has 33 heavy (non-hydrogen) atoms. The maximum absolute atomic E-state index is 13.5. The van der Waals surface area contributed by atoms with Gasteiger partial charge in [-0.3, -0.25) is 9.59 Å². The number of hydrogen-bond acceptors (Lipinski definition) is 9. The van der Waals surface area contributed by atoms with Crippen molar-refractivity contribution in [1.82, 2.24) is 24.5 Å². The van der Waals surface area contributed by atoms with Crippen molar-refractivity contribution in [2.75, 3.05) is 26.0 Å². The fourth-order valence-corrected chi connectivity index (χ4v) is 5.03. The zero-order valence-electron chi connectivity index (χ0n) is 18.2. The van der Waals surface area contributed by atoms with Crippen molar-refractivity contribution in [1.29, 1.82) is 0 Å². The van der Waals surface area contributed by atoms with Gasteiger partial charge in [-0.2, -0.15) is 0 Å². The molecule has 0 bridgehead atoms. The largest absolute Gasteiger partial charge is 0.468 e. The Labute approximate surface area is 198 Å². The number of rotatable bonds is 6. The summed E-state index contributed by atoms with van der Waals surface area (Å²) in [5, 5.41) is 4.40. The van der Waals surface area contributed by atoms with Crippen molar-refractivity contribution in [3.05, 3.63) is 52.5 Å². The fourth-order valence-electron chi connectivity index (χ4n) is 3.75. The van der Waals surface area contributed by atoms with Crippen molar-refractivity contribution in [3.63, 3.8) is 0 Å². The quantitative estimate of drug-likeness (QED) is 0.295. The predicted molar refractivity (Wildman–Crippen MR) is 123 cm³/mol. The first-order chi connectivity index (χ1) is 16.0. The molecule has 0 saturated carbocycles. The van der Waals surface area contributed by atoms with Crippen LogP contribution in [-0.4, -0.2) is 62.3 Å². The van der Waals surface area contributed by atoms with Crippen LogP contribution in [0.15, 0.2) is 35.6 Å². The van der Waals surface area contributed by atoms with E-state index in [1.165, 1.54) is 31.0 Å². The number of aryl methyl sites for hydroxylation is 1. The van der Waals surface area contributed by atoms with Gasteiger partial charge in [0.15, 0.2) is 5.16 Å². The SMILES string of the molecule is COC(=O)CSc1ncc(-c2ccc(F)cc2)c(C2CCCN(C(=O)c3snnc3C)C2)n1. The Hall–Kier alpha value is -2.92. The number of hydrogen-bond donors (Lipinski definition) is 0. The molecule has 0 spiro atoms. The van der Waals surface area contributed by atoms with Gasteiger partial charge in [-0.1, -0.05) is 28.4 Å². The minimum absolute atomic E-state index is 0.0376. The minimum Gasteiger partial charge on any atom is -0.468 e. The highest BCUT2D eigenvalue weighted by Gasteiger charge is 2.30. The third-order valence-corrected chi connectivity index (χ3v) is 7.09. The minimum atomic E-state index is -0.365. The van der Waals surface area contributed by atoms with E-state index in [9.17, 15) is 14.0 Å². The van der Waals surface area contributed by atoms with Crippen LogP contribution in [0.4, 0.5) is 4.39 Å². The molecule has 1 unspecified atom stereocenters. The highest BCUT2D eigenvalue weighted by molar-refractivity contribution is 7.99. The molecule has 3 heterocycles. The zero-order valence-corrected chi connectivity index (χ0v) is 19.8. The molecule has 3 aromatic rings. The first kappa shape index (κ1) is 23.2. The fraction of sp³-hybridized carbons (Fsp3) is 0.364. The number of benzene rings is 1. The van der Waals surface area contributed by atoms with Gasteiger partial charge in [0.25, 0.3) is 5.91 Å². The summed E-state index contributed by atoms with van der Waals surface area (Å²) in [4.78, 5) is 36.1. The molecule has 4 rings (SSSR count). The summed E-state index contributed by atoms with van der Waals surface area (Å²) >= 11 is 2.30. The van der Waals surface area contributed by atoms with Gasteiger partial charge in [-0.05, 0) is 49.0 Å². The third-order valence-electron chi connectivity index (χ3n) is 5.44. The first-order valence-electron chi connectivity index (χ1n) is 10.4. The molecule has 1 atom stereocenters. The van der Waals surface area contributed by atoms with Gasteiger partial charge >= 0.3 is 5.97 Å². The highest BCUT2D eigenvalue weighted by atomic mass is 32.2. The number of piperidine rings is 1. The Kier molecular flexibility index (Phi) is 7.29. The van der Waals surface area contributed by atoms with Crippen LogP contribution in [0.1, 0.15) is 39.8 Å². The Morgan fingerprint density at radius 1 is 1.30 bits per heavy atom. The van der Waals surface area contributed by atoms with Gasteiger partial charge in [0.05, 0.1) is 24.3 Å². The van der Waals surface area contributed by atoms with E-state index in [-0.39, 0.29) is 29.4 Å². The molecule has 2 aromatic heterocycles. The number of likely N-dealkylation sites (tertiary alicyclic amines) is 1. The number of esters is 1. The number of nitrogens with zero attached hydrogens (tertiary/aromatic N) is 5. The van der Waals surface area contributed by atoms with E-state index >= 15 is 0 Å². The molecule has 1 fully saturated rings. The smallest absolute Gasteiger partial charge is 0.316 e. The van der Waals surface area contributed by atoms with Crippen molar-refractivity contribution >= 4 is 35.2 Å². The summed E-state index contributed by atoms with van der Waals surface area (Å²) in [5.41, 5.74) is 2.98. The van der Waals surface area contributed by atoms with Crippen LogP contribution >= 0.6 is 23.3 Å². The third kappa shape index (κ3) is 5.36. The topological polar surface area (TPSA) is 98.2 Å². The zero-order chi connectivity index (χ0) is 23.4. The highest BCUT2D eigenvalue weighted by Crippen LogP contribution is 2.35. The Bertz CT molecular complexity index is 1160. The number of aromatic nitrogens is 4. The van der Waals surface area contributed by atoms with Gasteiger partial charge in [0.1, 0.15) is 10.7 Å². The number of carbonyl (C=O) groups is 2. The summed E-state index contributed by atoms with van der Waals surface area (Å²) in [6, 6.07) is 6.18. The number of halogens is 1. The molecular formula is C22H22FN5O3S2. The van der Waals surface area contributed by atoms with Crippen molar-refractivity contribution < 1.29 is 18.7 Å². The van der Waals surface area contributed by atoms with Gasteiger partial charge in [0, 0.05) is 30.8 Å². The van der Waals surface area contributed by atoms with E-state index in [4.69, 9.17) is 9.72 Å². The molecule has 0 radical (unpaired) electrons. The van der Waals surface area contributed by atoms with E-state index in [0.29, 0.717) is 28.8 Å². The van der Waals surface area contributed by atoms with Crippen LogP contribution in [0.25, 0.3) is 11.1 Å². The molecule has 1 saturated heterocycles. The van der Waals surface area contributed by atoms with E-state index in [1.807, 2.05) is 4.90 Å². The van der Waals surface area contributed by atoms with Crippen LogP contribution in [0.5, 0.6) is 0 Å². The van der Waals surface area contributed by atoms with E-state index < -0.39 is 0 Å². The molecule has 0 aliphatic carbocycles. The molecule has 1 aliphatic heterocycles. The molecule has 0 N–H and O–H groups in total. The molecule has 11 heteroatoms. The Morgan fingerprint density at radius 2 is 2.09 bits per heavy atom. The standard InChI is InChI=1S/C22H22FN5O3S2/c1-13-20(33-27-26-13)21(30)28-9-3-4-15(11-28)19-17(14-5-7-16(23)8-6-14)10-24-22(25-19)32-12-18(29)31-2/h5-8,10,15H,3-4,9,11-12H2,1-2H3. The lowest BCUT2D eigenvalue weighted by atomic mass is 9.90. The van der Waals surface area contributed by atoms with Gasteiger partial charge in [-0.15, -0.1) is 5.10 Å². The summed E-state index contributed by atoms with van der Waals surface area (Å²) in [7, 11) is 1.33. The number of carbonyl (C=O) groups excluding carboxylic acids is 2. The summed E-state index contributed by atoms with van der Waals surface area (Å²) in [6.45, 7) is 2.91. The van der Waals surface area contributed by atoms with E-state index in [0.717, 1.165) is 41.2 Å². The molecule has 1 aliphatic rings. The van der Waals surface area contributed by atoms with Gasteiger partial charge < -0.3 is 9.64 Å². The van der Waals surface area contributed by atoms with Crippen LogP contribution in [0.2, 0.25) is 0 Å². The lowest BCUT2D eigenvalue weighted by molar-refractivity contribution is -0.137. The van der Waals surface area contributed by atoms with E-state index in [2.05, 4.69) is 14.6 Å². The second-order valence-corrected chi connectivity index (χ2v) is 9.30. The normalized spacial score (nSPS) is 16.0. The number of ether oxygens (including phenoxy) is 1. The predicted octanol–water partition coefficient (Wildman–Crippen LogP) is 3.73. The second-order valence-electron chi connectivity index (χ2n) is 7.60. The van der Waals surface area contributed by atoms with Gasteiger partial charge in [0.2, 0.25) is 0 Å². The average Bonchev–Trinajstić information content (AvgIpc) is 3.28. The number of amides is 1. The van der Waals surface area contributed by atoms with Crippen molar-refractivity contribution in [2.24, 2.45) is 0 Å². The molecule has 1 aromatic carbocycles. The Morgan fingerprint density at radius 3 is 2.79 bits per heavy atom. The van der Waals surface area contributed by atoms with Crippen molar-refractivity contribution in [3.8, 4) is 11.1 Å². The average molecular weight is 488 g/mol. The van der Waals surface area contributed by atoms with Crippen LogP contribution in [0.3, 0.4) is 0 Å². The molecule has 172 valence electrons. The summed E-state index contributed by atoms with van der Waals surface area (Å²) < 4.78 is 22.1. The maximum atomic E-state index is 13.5. The second kappa shape index (κ2) is 10.3. The van der Waals surface area contributed by atoms with Gasteiger partial charge in [-0.25, -0.2) is 14.4 Å². The lowest BCUT2D eigenvalue weighted by Crippen LogP contribution is -2.39. The Balaban J connectivity index is 1.65. The summed E-state index contributed by atoms with van der Waals surface area (Å²) in [6.07, 6.45) is 3.36. The first-order valence-corrected chi connectivity index (χ1v) is 12.1. The van der Waals surface area contributed by atoms with Crippen molar-refractivity contribution in [2.45, 2.75) is 30.8 Å². The summed E-state index contributed by atoms with van der Waals surface area (Å²) in [5.74, 6) is -0.710. The van der Waals surface area contributed by atoms with Crippen LogP contribution in [0, 0.1) is 12.7 Å². The van der Waals surface area contributed by atoms with Crippen LogP contribution in [-0.2, 0) is 9.53 Å². The lowest BCUT2D eigenvalue weighted by Gasteiger charge is -2.33. The molecule has 1 amide bonds. The maximum Gasteiger partial charge on any atom is 0.316 e. The molecular weight excluding hydrogens is 465 g/mol.